The van der Waals surface area contributed by atoms with Gasteiger partial charge in [0.1, 0.15) is 0 Å². The topological polar surface area (TPSA) is 55.1 Å². The lowest BCUT2D eigenvalue weighted by Gasteiger charge is -2.27. The zero-order valence-corrected chi connectivity index (χ0v) is 13.5. The molecule has 2 unspecified atom stereocenters. The molecule has 1 aliphatic carbocycles. The Morgan fingerprint density at radius 3 is 2.67 bits per heavy atom. The molecule has 0 aromatic heterocycles. The Bertz CT molecular complexity index is 490. The largest absolute Gasteiger partial charge is 0.352 e. The minimum atomic E-state index is -0.0267. The summed E-state index contributed by atoms with van der Waals surface area (Å²) in [4.78, 5) is 12.5. The lowest BCUT2D eigenvalue weighted by molar-refractivity contribution is 0.0940. The van der Waals surface area contributed by atoms with Crippen LogP contribution in [0.5, 0.6) is 0 Å². The minimum absolute atomic E-state index is 0.0267. The van der Waals surface area contributed by atoms with Crippen LogP contribution in [0.3, 0.4) is 0 Å². The van der Waals surface area contributed by atoms with Gasteiger partial charge in [-0.2, -0.15) is 0 Å². The number of carbonyl (C=O) groups is 1. The van der Waals surface area contributed by atoms with Gasteiger partial charge in [-0.05, 0) is 42.2 Å². The second-order valence-electron chi connectivity index (χ2n) is 7.30. The highest BCUT2D eigenvalue weighted by Gasteiger charge is 2.23. The van der Waals surface area contributed by atoms with Crippen LogP contribution in [-0.4, -0.2) is 18.5 Å². The summed E-state index contributed by atoms with van der Waals surface area (Å²) in [7, 11) is 0. The molecule has 0 spiro atoms. The van der Waals surface area contributed by atoms with Crippen LogP contribution in [-0.2, 0) is 5.41 Å². The Balaban J connectivity index is 2.01. The zero-order chi connectivity index (χ0) is 15.5. The molecule has 1 aromatic carbocycles. The monoisotopic (exact) mass is 288 g/mol. The Morgan fingerprint density at radius 1 is 1.29 bits per heavy atom. The van der Waals surface area contributed by atoms with Crippen molar-refractivity contribution in [1.82, 2.24) is 5.32 Å². The molecule has 3 heteroatoms. The van der Waals surface area contributed by atoms with Crippen molar-refractivity contribution in [1.29, 1.82) is 0 Å². The number of nitrogens with one attached hydrogen (secondary N) is 1. The van der Waals surface area contributed by atoms with Crippen LogP contribution in [0, 0.1) is 5.92 Å². The number of hydrogen-bond donors (Lipinski definition) is 2. The first kappa shape index (κ1) is 16.0. The molecule has 2 atom stereocenters. The molecule has 1 aliphatic rings. The van der Waals surface area contributed by atoms with Gasteiger partial charge in [0.05, 0.1) is 0 Å². The van der Waals surface area contributed by atoms with Gasteiger partial charge in [0, 0.05) is 18.2 Å². The predicted molar refractivity (Wildman–Crippen MR) is 87.4 cm³/mol. The van der Waals surface area contributed by atoms with E-state index in [9.17, 15) is 4.79 Å². The maximum Gasteiger partial charge on any atom is 0.251 e. The van der Waals surface area contributed by atoms with Crippen molar-refractivity contribution in [3.05, 3.63) is 35.4 Å². The summed E-state index contributed by atoms with van der Waals surface area (Å²) >= 11 is 0. The Morgan fingerprint density at radius 2 is 2.00 bits per heavy atom. The number of benzene rings is 1. The molecule has 0 heterocycles. The van der Waals surface area contributed by atoms with Crippen molar-refractivity contribution < 1.29 is 4.79 Å². The molecule has 1 amide bonds. The third-order valence-corrected chi connectivity index (χ3v) is 4.35. The van der Waals surface area contributed by atoms with Crippen molar-refractivity contribution in [2.75, 3.05) is 6.54 Å². The van der Waals surface area contributed by atoms with Crippen LogP contribution in [0.4, 0.5) is 0 Å². The van der Waals surface area contributed by atoms with Gasteiger partial charge in [-0.3, -0.25) is 4.79 Å². The molecule has 1 fully saturated rings. The predicted octanol–water partition coefficient (Wildman–Crippen LogP) is 3.23. The molecule has 0 radical (unpaired) electrons. The third-order valence-electron chi connectivity index (χ3n) is 4.35. The number of carbonyl (C=O) groups excluding carboxylic acids is 1. The second kappa shape index (κ2) is 6.61. The average molecular weight is 288 g/mol. The van der Waals surface area contributed by atoms with Crippen LogP contribution in [0.1, 0.15) is 62.4 Å². The molecule has 0 aliphatic heterocycles. The van der Waals surface area contributed by atoms with Gasteiger partial charge in [-0.15, -0.1) is 0 Å². The quantitative estimate of drug-likeness (QED) is 0.897. The fourth-order valence-electron chi connectivity index (χ4n) is 3.19. The first-order valence-corrected chi connectivity index (χ1v) is 8.01. The smallest absolute Gasteiger partial charge is 0.251 e. The maximum atomic E-state index is 12.5. The molecule has 3 N–H and O–H groups in total. The van der Waals surface area contributed by atoms with E-state index in [1.807, 2.05) is 24.3 Å². The maximum absolute atomic E-state index is 12.5. The van der Waals surface area contributed by atoms with Crippen molar-refractivity contribution in [2.24, 2.45) is 11.7 Å². The van der Waals surface area contributed by atoms with Crippen molar-refractivity contribution >= 4 is 5.91 Å². The van der Waals surface area contributed by atoms with Crippen LogP contribution >= 0.6 is 0 Å². The number of rotatable bonds is 3. The molecule has 0 bridgehead atoms. The first-order valence-electron chi connectivity index (χ1n) is 8.01. The SMILES string of the molecule is CC(C)(C)c1ccccc1C(=O)NCC1CCCC(N)C1. The highest BCUT2D eigenvalue weighted by atomic mass is 16.1. The van der Waals surface area contributed by atoms with E-state index in [2.05, 4.69) is 26.1 Å². The lowest BCUT2D eigenvalue weighted by atomic mass is 9.83. The normalized spacial score (nSPS) is 22.9. The molecule has 0 saturated heterocycles. The van der Waals surface area contributed by atoms with Gasteiger partial charge in [-0.1, -0.05) is 45.4 Å². The van der Waals surface area contributed by atoms with Gasteiger partial charge < -0.3 is 11.1 Å². The van der Waals surface area contributed by atoms with E-state index in [0.29, 0.717) is 12.0 Å². The summed E-state index contributed by atoms with van der Waals surface area (Å²) < 4.78 is 0. The summed E-state index contributed by atoms with van der Waals surface area (Å²) in [5.74, 6) is 0.569. The van der Waals surface area contributed by atoms with Crippen LogP contribution < -0.4 is 11.1 Å². The standard InChI is InChI=1S/C18H28N2O/c1-18(2,3)16-10-5-4-9-15(16)17(21)20-12-13-7-6-8-14(19)11-13/h4-5,9-10,13-14H,6-8,11-12,19H2,1-3H3,(H,20,21). The van der Waals surface area contributed by atoms with E-state index < -0.39 is 0 Å². The van der Waals surface area contributed by atoms with Crippen molar-refractivity contribution in [3.63, 3.8) is 0 Å². The molecular weight excluding hydrogens is 260 g/mol. The third kappa shape index (κ3) is 4.31. The minimum Gasteiger partial charge on any atom is -0.352 e. The van der Waals surface area contributed by atoms with Gasteiger partial charge in [0.2, 0.25) is 0 Å². The van der Waals surface area contributed by atoms with Gasteiger partial charge in [-0.25, -0.2) is 0 Å². The van der Waals surface area contributed by atoms with Crippen LogP contribution in [0.15, 0.2) is 24.3 Å². The fraction of sp³-hybridized carbons (Fsp3) is 0.611. The van der Waals surface area contributed by atoms with Gasteiger partial charge in [0.25, 0.3) is 5.91 Å². The number of hydrogen-bond acceptors (Lipinski definition) is 2. The highest BCUT2D eigenvalue weighted by molar-refractivity contribution is 5.96. The molecule has 21 heavy (non-hydrogen) atoms. The zero-order valence-electron chi connectivity index (χ0n) is 13.5. The molecule has 1 saturated carbocycles. The van der Waals surface area contributed by atoms with Gasteiger partial charge in [0.15, 0.2) is 0 Å². The Kier molecular flexibility index (Phi) is 5.04. The van der Waals surface area contributed by atoms with Crippen molar-refractivity contribution in [3.8, 4) is 0 Å². The Hall–Kier alpha value is -1.35. The number of nitrogens with two attached hydrogens (primary N) is 1. The average Bonchev–Trinajstić information content (AvgIpc) is 2.44. The fourth-order valence-corrected chi connectivity index (χ4v) is 3.19. The second-order valence-corrected chi connectivity index (χ2v) is 7.30. The molecule has 2 rings (SSSR count). The summed E-state index contributed by atoms with van der Waals surface area (Å²) in [5.41, 5.74) is 7.88. The van der Waals surface area contributed by atoms with Gasteiger partial charge >= 0.3 is 0 Å². The summed E-state index contributed by atoms with van der Waals surface area (Å²) in [5, 5.41) is 3.11. The van der Waals surface area contributed by atoms with Crippen LogP contribution in [0.25, 0.3) is 0 Å². The molecule has 116 valence electrons. The van der Waals surface area contributed by atoms with E-state index in [1.165, 1.54) is 12.8 Å². The van der Waals surface area contributed by atoms with Crippen molar-refractivity contribution in [2.45, 2.75) is 57.9 Å². The highest BCUT2D eigenvalue weighted by Crippen LogP contribution is 2.26. The van der Waals surface area contributed by atoms with E-state index in [0.717, 1.165) is 30.5 Å². The van der Waals surface area contributed by atoms with E-state index in [4.69, 9.17) is 5.73 Å². The van der Waals surface area contributed by atoms with E-state index >= 15 is 0 Å². The van der Waals surface area contributed by atoms with E-state index in [-0.39, 0.29) is 11.3 Å². The van der Waals surface area contributed by atoms with Crippen LogP contribution in [0.2, 0.25) is 0 Å². The molecular formula is C18H28N2O. The summed E-state index contributed by atoms with van der Waals surface area (Å²) in [6, 6.07) is 8.20. The molecule has 3 nitrogen and oxygen atoms in total. The molecule has 1 aromatic rings. The van der Waals surface area contributed by atoms with E-state index in [1.54, 1.807) is 0 Å². The summed E-state index contributed by atoms with van der Waals surface area (Å²) in [6.45, 7) is 7.16. The first-order chi connectivity index (χ1) is 9.88. The Labute approximate surface area is 128 Å². The number of amides is 1. The summed E-state index contributed by atoms with van der Waals surface area (Å²) in [6.07, 6.45) is 4.51. The lowest BCUT2D eigenvalue weighted by Crippen LogP contribution is -2.36.